The molecule has 0 aliphatic carbocycles. The van der Waals surface area contributed by atoms with Crippen LogP contribution in [0.1, 0.15) is 5.56 Å². The summed E-state index contributed by atoms with van der Waals surface area (Å²) in [5.74, 6) is 0. The molecule has 0 N–H and O–H groups in total. The van der Waals surface area contributed by atoms with Crippen molar-refractivity contribution in [2.75, 3.05) is 0 Å². The molecule has 0 atom stereocenters. The SMILES string of the molecule is S=c1scc(-c2ccc(Cl)cc2)n1OCc1ccccc1. The maximum atomic E-state index is 5.93. The summed E-state index contributed by atoms with van der Waals surface area (Å²) in [5, 5.41) is 2.71. The summed E-state index contributed by atoms with van der Waals surface area (Å²) in [6.07, 6.45) is 0. The smallest absolute Gasteiger partial charge is 0.197 e. The second-order valence-electron chi connectivity index (χ2n) is 4.45. The van der Waals surface area contributed by atoms with Gasteiger partial charge in [0, 0.05) is 16.0 Å². The minimum absolute atomic E-state index is 0.479. The van der Waals surface area contributed by atoms with Gasteiger partial charge in [-0.05, 0) is 29.9 Å². The maximum Gasteiger partial charge on any atom is 0.197 e. The summed E-state index contributed by atoms with van der Waals surface area (Å²) in [4.78, 5) is 5.87. The molecule has 2 aromatic carbocycles. The first kappa shape index (κ1) is 14.3. The molecule has 21 heavy (non-hydrogen) atoms. The van der Waals surface area contributed by atoms with Gasteiger partial charge in [0.05, 0.1) is 5.69 Å². The van der Waals surface area contributed by atoms with E-state index in [9.17, 15) is 0 Å². The Morgan fingerprint density at radius 1 is 1.05 bits per heavy atom. The Balaban J connectivity index is 1.87. The second kappa shape index (κ2) is 6.43. The first-order valence-corrected chi connectivity index (χ1v) is 8.04. The number of hydrogen-bond donors (Lipinski definition) is 0. The van der Waals surface area contributed by atoms with Crippen molar-refractivity contribution in [3.8, 4) is 11.3 Å². The molecule has 0 spiro atoms. The minimum Gasteiger partial charge on any atom is -0.407 e. The highest BCUT2D eigenvalue weighted by Gasteiger charge is 2.08. The van der Waals surface area contributed by atoms with Gasteiger partial charge in [0.15, 0.2) is 3.95 Å². The van der Waals surface area contributed by atoms with Gasteiger partial charge in [0.2, 0.25) is 0 Å². The molecule has 1 heterocycles. The molecule has 0 saturated heterocycles. The quantitative estimate of drug-likeness (QED) is 0.607. The number of hydrogen-bond acceptors (Lipinski definition) is 3. The Morgan fingerprint density at radius 2 is 1.76 bits per heavy atom. The van der Waals surface area contributed by atoms with Crippen molar-refractivity contribution in [1.82, 2.24) is 4.73 Å². The fourth-order valence-corrected chi connectivity index (χ4v) is 3.05. The van der Waals surface area contributed by atoms with Crippen LogP contribution in [-0.2, 0) is 6.61 Å². The Hall–Kier alpha value is -1.62. The highest BCUT2D eigenvalue weighted by Crippen LogP contribution is 2.24. The monoisotopic (exact) mass is 333 g/mol. The zero-order chi connectivity index (χ0) is 14.7. The number of rotatable bonds is 4. The summed E-state index contributed by atoms with van der Waals surface area (Å²) >= 11 is 12.8. The topological polar surface area (TPSA) is 14.2 Å². The lowest BCUT2D eigenvalue weighted by atomic mass is 10.2. The predicted octanol–water partition coefficient (Wildman–Crippen LogP) is 5.23. The number of thiazole rings is 1. The Morgan fingerprint density at radius 3 is 2.48 bits per heavy atom. The summed E-state index contributed by atoms with van der Waals surface area (Å²) in [6.45, 7) is 0.479. The van der Waals surface area contributed by atoms with Gasteiger partial charge in [-0.2, -0.15) is 4.73 Å². The molecule has 2 nitrogen and oxygen atoms in total. The fraction of sp³-hybridized carbons (Fsp3) is 0.0625. The summed E-state index contributed by atoms with van der Waals surface area (Å²) in [5.41, 5.74) is 3.07. The van der Waals surface area contributed by atoms with Gasteiger partial charge in [-0.15, -0.1) is 11.3 Å². The van der Waals surface area contributed by atoms with E-state index in [1.165, 1.54) is 11.3 Å². The molecule has 0 aliphatic heterocycles. The number of benzene rings is 2. The summed E-state index contributed by atoms with van der Waals surface area (Å²) in [7, 11) is 0. The zero-order valence-electron chi connectivity index (χ0n) is 11.0. The van der Waals surface area contributed by atoms with Crippen LogP contribution >= 0.6 is 35.2 Å². The van der Waals surface area contributed by atoms with E-state index < -0.39 is 0 Å². The third-order valence-electron chi connectivity index (χ3n) is 3.00. The van der Waals surface area contributed by atoms with Gasteiger partial charge >= 0.3 is 0 Å². The summed E-state index contributed by atoms with van der Waals surface area (Å²) < 4.78 is 2.40. The first-order chi connectivity index (χ1) is 10.2. The van der Waals surface area contributed by atoms with Gasteiger partial charge < -0.3 is 4.84 Å². The van der Waals surface area contributed by atoms with Crippen LogP contribution in [0.15, 0.2) is 60.0 Å². The Kier molecular flexibility index (Phi) is 4.39. The lowest BCUT2D eigenvalue weighted by molar-refractivity contribution is 0.1000. The van der Waals surface area contributed by atoms with Crippen LogP contribution in [-0.4, -0.2) is 4.73 Å². The van der Waals surface area contributed by atoms with E-state index in [2.05, 4.69) is 0 Å². The van der Waals surface area contributed by atoms with Gasteiger partial charge in [0.25, 0.3) is 0 Å². The van der Waals surface area contributed by atoms with Crippen molar-refractivity contribution in [3.05, 3.63) is 74.5 Å². The second-order valence-corrected chi connectivity index (χ2v) is 6.39. The van der Waals surface area contributed by atoms with Crippen LogP contribution in [0.5, 0.6) is 0 Å². The predicted molar refractivity (Wildman–Crippen MR) is 90.3 cm³/mol. The molecule has 3 aromatic rings. The minimum atomic E-state index is 0.479. The van der Waals surface area contributed by atoms with Crippen LogP contribution in [0.2, 0.25) is 5.02 Å². The average molecular weight is 334 g/mol. The fourth-order valence-electron chi connectivity index (χ4n) is 1.94. The number of nitrogens with zero attached hydrogens (tertiary/aromatic N) is 1. The third-order valence-corrected chi connectivity index (χ3v) is 4.41. The molecule has 0 amide bonds. The number of aromatic nitrogens is 1. The van der Waals surface area contributed by atoms with Crippen molar-refractivity contribution >= 4 is 35.2 Å². The van der Waals surface area contributed by atoms with E-state index in [1.807, 2.05) is 60.0 Å². The maximum absolute atomic E-state index is 5.93. The van der Waals surface area contributed by atoms with Gasteiger partial charge in [0.1, 0.15) is 6.61 Å². The van der Waals surface area contributed by atoms with Crippen LogP contribution in [0, 0.1) is 3.95 Å². The average Bonchev–Trinajstić information content (AvgIpc) is 2.88. The van der Waals surface area contributed by atoms with Crippen LogP contribution in [0.4, 0.5) is 0 Å². The molecule has 0 fully saturated rings. The first-order valence-electron chi connectivity index (χ1n) is 6.38. The number of halogens is 1. The van der Waals surface area contributed by atoms with Crippen molar-refractivity contribution in [2.24, 2.45) is 0 Å². The molecular formula is C16H12ClNOS2. The van der Waals surface area contributed by atoms with E-state index in [4.69, 9.17) is 28.7 Å². The van der Waals surface area contributed by atoms with Crippen LogP contribution in [0.3, 0.4) is 0 Å². The van der Waals surface area contributed by atoms with E-state index in [-0.39, 0.29) is 0 Å². The van der Waals surface area contributed by atoms with Crippen molar-refractivity contribution < 1.29 is 4.84 Å². The highest BCUT2D eigenvalue weighted by atomic mass is 35.5. The zero-order valence-corrected chi connectivity index (χ0v) is 13.4. The summed E-state index contributed by atoms with van der Waals surface area (Å²) in [6, 6.07) is 17.7. The van der Waals surface area contributed by atoms with Crippen molar-refractivity contribution in [1.29, 1.82) is 0 Å². The third kappa shape index (κ3) is 3.35. The van der Waals surface area contributed by atoms with Crippen LogP contribution < -0.4 is 4.84 Å². The van der Waals surface area contributed by atoms with E-state index >= 15 is 0 Å². The highest BCUT2D eigenvalue weighted by molar-refractivity contribution is 7.73. The molecule has 3 rings (SSSR count). The van der Waals surface area contributed by atoms with Gasteiger partial charge in [-0.3, -0.25) is 0 Å². The lowest BCUT2D eigenvalue weighted by Crippen LogP contribution is -2.12. The van der Waals surface area contributed by atoms with Gasteiger partial charge in [-0.25, -0.2) is 0 Å². The molecule has 0 bridgehead atoms. The van der Waals surface area contributed by atoms with Crippen molar-refractivity contribution in [3.63, 3.8) is 0 Å². The molecule has 0 unspecified atom stereocenters. The lowest BCUT2D eigenvalue weighted by Gasteiger charge is -2.10. The van der Waals surface area contributed by atoms with E-state index in [0.29, 0.717) is 15.6 Å². The van der Waals surface area contributed by atoms with E-state index in [0.717, 1.165) is 16.8 Å². The molecule has 0 aliphatic rings. The molecule has 106 valence electrons. The standard InChI is InChI=1S/C16H12ClNOS2/c17-14-8-6-13(7-9-14)15-11-21-16(20)18(15)19-10-12-4-2-1-3-5-12/h1-9,11H,10H2. The molecular weight excluding hydrogens is 322 g/mol. The largest absolute Gasteiger partial charge is 0.407 e. The molecule has 1 aromatic heterocycles. The Bertz CT molecular complexity index is 778. The Labute approximate surface area is 137 Å². The molecule has 0 saturated carbocycles. The van der Waals surface area contributed by atoms with Gasteiger partial charge in [-0.1, -0.05) is 54.1 Å². The van der Waals surface area contributed by atoms with Crippen LogP contribution in [0.25, 0.3) is 11.3 Å². The van der Waals surface area contributed by atoms with E-state index in [1.54, 1.807) is 4.73 Å². The van der Waals surface area contributed by atoms with Crippen molar-refractivity contribution in [2.45, 2.75) is 6.61 Å². The normalized spacial score (nSPS) is 10.5. The molecule has 0 radical (unpaired) electrons. The molecule has 5 heteroatoms.